The molecular weight excluding hydrogens is 270 g/mol. The van der Waals surface area contributed by atoms with Crippen molar-refractivity contribution in [3.05, 3.63) is 69.3 Å². The van der Waals surface area contributed by atoms with E-state index in [4.69, 9.17) is 5.73 Å². The van der Waals surface area contributed by atoms with Crippen LogP contribution in [0.2, 0.25) is 0 Å². The van der Waals surface area contributed by atoms with Crippen molar-refractivity contribution >= 4 is 17.3 Å². The highest BCUT2D eigenvalue weighted by Gasteiger charge is 2.09. The molecule has 0 bridgehead atoms. The summed E-state index contributed by atoms with van der Waals surface area (Å²) in [6, 6.07) is 11.2. The third kappa shape index (κ3) is 3.56. The van der Waals surface area contributed by atoms with Gasteiger partial charge >= 0.3 is 0 Å². The summed E-state index contributed by atoms with van der Waals surface area (Å²) in [5.41, 5.74) is 8.44. The van der Waals surface area contributed by atoms with Gasteiger partial charge in [-0.1, -0.05) is 12.1 Å². The summed E-state index contributed by atoms with van der Waals surface area (Å²) in [4.78, 5) is 22.2. The Balaban J connectivity index is 2.02. The van der Waals surface area contributed by atoms with Crippen LogP contribution in [0.4, 0.5) is 11.4 Å². The van der Waals surface area contributed by atoms with E-state index in [9.17, 15) is 14.9 Å². The number of nitrogens with zero attached hydrogens (tertiary/aromatic N) is 1. The van der Waals surface area contributed by atoms with E-state index < -0.39 is 4.92 Å². The van der Waals surface area contributed by atoms with Gasteiger partial charge in [0.25, 0.3) is 11.6 Å². The van der Waals surface area contributed by atoms with E-state index in [0.29, 0.717) is 17.8 Å². The van der Waals surface area contributed by atoms with Crippen molar-refractivity contribution in [1.82, 2.24) is 5.32 Å². The lowest BCUT2D eigenvalue weighted by atomic mass is 10.1. The number of aryl methyl sites for hydroxylation is 1. The van der Waals surface area contributed by atoms with Crippen LogP contribution in [-0.2, 0) is 6.54 Å². The Labute approximate surface area is 121 Å². The van der Waals surface area contributed by atoms with E-state index in [-0.39, 0.29) is 11.6 Å². The minimum atomic E-state index is -0.458. The van der Waals surface area contributed by atoms with E-state index >= 15 is 0 Å². The quantitative estimate of drug-likeness (QED) is 0.512. The molecule has 0 spiro atoms. The second-order valence-corrected chi connectivity index (χ2v) is 4.68. The maximum absolute atomic E-state index is 12.1. The zero-order valence-corrected chi connectivity index (χ0v) is 11.5. The number of carbonyl (C=O) groups excluding carboxylic acids is 1. The Morgan fingerprint density at radius 3 is 2.48 bits per heavy atom. The van der Waals surface area contributed by atoms with Crippen molar-refractivity contribution in [3.63, 3.8) is 0 Å². The zero-order valence-electron chi connectivity index (χ0n) is 11.5. The topological polar surface area (TPSA) is 98.3 Å². The van der Waals surface area contributed by atoms with Crippen molar-refractivity contribution in [2.24, 2.45) is 0 Å². The van der Waals surface area contributed by atoms with Crippen molar-refractivity contribution in [3.8, 4) is 0 Å². The van der Waals surface area contributed by atoms with Gasteiger partial charge in [0.15, 0.2) is 0 Å². The Morgan fingerprint density at radius 2 is 1.90 bits per heavy atom. The molecule has 0 heterocycles. The molecule has 0 fully saturated rings. The second-order valence-electron chi connectivity index (χ2n) is 4.68. The summed E-state index contributed by atoms with van der Waals surface area (Å²) in [6.45, 7) is 2.12. The predicted octanol–water partition coefficient (Wildman–Crippen LogP) is 2.42. The van der Waals surface area contributed by atoms with E-state index in [2.05, 4.69) is 5.32 Å². The molecule has 0 aliphatic carbocycles. The fourth-order valence-corrected chi connectivity index (χ4v) is 1.95. The molecule has 108 valence electrons. The normalized spacial score (nSPS) is 10.1. The Kier molecular flexibility index (Phi) is 4.18. The minimum Gasteiger partial charge on any atom is -0.399 e. The largest absolute Gasteiger partial charge is 0.399 e. The fraction of sp³-hybridized carbons (Fsp3) is 0.133. The molecule has 2 rings (SSSR count). The molecule has 3 N–H and O–H groups in total. The van der Waals surface area contributed by atoms with Crippen LogP contribution in [0.15, 0.2) is 42.5 Å². The number of hydrogen-bond donors (Lipinski definition) is 2. The number of hydrogen-bond acceptors (Lipinski definition) is 4. The van der Waals surface area contributed by atoms with Gasteiger partial charge in [0.2, 0.25) is 0 Å². The van der Waals surface area contributed by atoms with Gasteiger partial charge in [0.1, 0.15) is 0 Å². The van der Waals surface area contributed by atoms with Gasteiger partial charge in [-0.2, -0.15) is 0 Å². The molecule has 0 aromatic heterocycles. The molecule has 0 aliphatic heterocycles. The first-order valence-electron chi connectivity index (χ1n) is 6.35. The van der Waals surface area contributed by atoms with E-state index in [0.717, 1.165) is 11.1 Å². The molecular formula is C15H15N3O3. The fourth-order valence-electron chi connectivity index (χ4n) is 1.95. The lowest BCUT2D eigenvalue weighted by Crippen LogP contribution is -2.23. The summed E-state index contributed by atoms with van der Waals surface area (Å²) in [5, 5.41) is 13.3. The van der Waals surface area contributed by atoms with Crippen LogP contribution in [0, 0.1) is 17.0 Å². The van der Waals surface area contributed by atoms with Crippen LogP contribution in [0.3, 0.4) is 0 Å². The summed E-state index contributed by atoms with van der Waals surface area (Å²) < 4.78 is 0. The van der Waals surface area contributed by atoms with Gasteiger partial charge in [-0.05, 0) is 36.2 Å². The van der Waals surface area contributed by atoms with Gasteiger partial charge in [0.05, 0.1) is 4.92 Å². The first-order valence-corrected chi connectivity index (χ1v) is 6.35. The molecule has 6 nitrogen and oxygen atoms in total. The molecule has 0 radical (unpaired) electrons. The number of non-ortho nitro benzene ring substituents is 1. The monoisotopic (exact) mass is 285 g/mol. The lowest BCUT2D eigenvalue weighted by Gasteiger charge is -2.08. The maximum atomic E-state index is 12.1. The first kappa shape index (κ1) is 14.5. The van der Waals surface area contributed by atoms with Crippen molar-refractivity contribution < 1.29 is 9.72 Å². The van der Waals surface area contributed by atoms with Crippen molar-refractivity contribution in [2.75, 3.05) is 5.73 Å². The summed E-state index contributed by atoms with van der Waals surface area (Å²) in [5.74, 6) is -0.203. The number of nitrogens with one attached hydrogen (secondary N) is 1. The van der Waals surface area contributed by atoms with Crippen molar-refractivity contribution in [1.29, 1.82) is 0 Å². The van der Waals surface area contributed by atoms with Crippen LogP contribution in [0.25, 0.3) is 0 Å². The SMILES string of the molecule is Cc1cc(N)ccc1C(=O)NCc1ccc([N+](=O)[O-])cc1. The minimum absolute atomic E-state index is 0.0273. The molecule has 1 amide bonds. The van der Waals surface area contributed by atoms with Crippen LogP contribution >= 0.6 is 0 Å². The van der Waals surface area contributed by atoms with Crippen molar-refractivity contribution in [2.45, 2.75) is 13.5 Å². The molecule has 0 saturated carbocycles. The molecule has 21 heavy (non-hydrogen) atoms. The van der Waals surface area contributed by atoms with Crippen LogP contribution in [0.5, 0.6) is 0 Å². The average Bonchev–Trinajstić information content (AvgIpc) is 2.45. The molecule has 2 aromatic carbocycles. The number of amides is 1. The zero-order chi connectivity index (χ0) is 15.4. The molecule has 0 saturated heterocycles. The van der Waals surface area contributed by atoms with Gasteiger partial charge in [0, 0.05) is 29.9 Å². The number of nitrogen functional groups attached to an aromatic ring is 1. The van der Waals surface area contributed by atoms with Gasteiger partial charge in [-0.3, -0.25) is 14.9 Å². The second kappa shape index (κ2) is 6.04. The van der Waals surface area contributed by atoms with Crippen LogP contribution in [0.1, 0.15) is 21.5 Å². The Bertz CT molecular complexity index is 681. The molecule has 0 aliphatic rings. The highest BCUT2D eigenvalue weighted by molar-refractivity contribution is 5.95. The highest BCUT2D eigenvalue weighted by atomic mass is 16.6. The third-order valence-corrected chi connectivity index (χ3v) is 3.10. The molecule has 0 unspecified atom stereocenters. The number of anilines is 1. The van der Waals surface area contributed by atoms with Gasteiger partial charge in [-0.15, -0.1) is 0 Å². The highest BCUT2D eigenvalue weighted by Crippen LogP contribution is 2.14. The van der Waals surface area contributed by atoms with E-state index in [1.165, 1.54) is 12.1 Å². The average molecular weight is 285 g/mol. The Hall–Kier alpha value is -2.89. The van der Waals surface area contributed by atoms with E-state index in [1.807, 2.05) is 6.92 Å². The third-order valence-electron chi connectivity index (χ3n) is 3.10. The maximum Gasteiger partial charge on any atom is 0.269 e. The van der Waals surface area contributed by atoms with Gasteiger partial charge < -0.3 is 11.1 Å². The van der Waals surface area contributed by atoms with Gasteiger partial charge in [-0.25, -0.2) is 0 Å². The number of carbonyl (C=O) groups is 1. The molecule has 2 aromatic rings. The lowest BCUT2D eigenvalue weighted by molar-refractivity contribution is -0.384. The molecule has 0 atom stereocenters. The summed E-state index contributed by atoms with van der Waals surface area (Å²) in [6.07, 6.45) is 0. The molecule has 6 heteroatoms. The summed E-state index contributed by atoms with van der Waals surface area (Å²) >= 11 is 0. The summed E-state index contributed by atoms with van der Waals surface area (Å²) in [7, 11) is 0. The number of benzene rings is 2. The number of nitro benzene ring substituents is 1. The predicted molar refractivity (Wildman–Crippen MR) is 79.9 cm³/mol. The standard InChI is InChI=1S/C15H15N3O3/c1-10-8-12(16)4-7-14(10)15(19)17-9-11-2-5-13(6-3-11)18(20)21/h2-8H,9,16H2,1H3,(H,17,19). The van der Waals surface area contributed by atoms with Crippen LogP contribution in [-0.4, -0.2) is 10.8 Å². The number of nitrogens with two attached hydrogens (primary N) is 1. The number of nitro groups is 1. The number of rotatable bonds is 4. The van der Waals surface area contributed by atoms with E-state index in [1.54, 1.807) is 30.3 Å². The Morgan fingerprint density at radius 1 is 1.24 bits per heavy atom. The first-order chi connectivity index (χ1) is 9.97. The smallest absolute Gasteiger partial charge is 0.269 e. The van der Waals surface area contributed by atoms with Crippen LogP contribution < -0.4 is 11.1 Å².